The van der Waals surface area contributed by atoms with Crippen LogP contribution in [0.15, 0.2) is 40.9 Å². The summed E-state index contributed by atoms with van der Waals surface area (Å²) in [6.45, 7) is 1.96. The lowest BCUT2D eigenvalue weighted by Crippen LogP contribution is -1.88. The summed E-state index contributed by atoms with van der Waals surface area (Å²) in [6.07, 6.45) is 0.785. The zero-order valence-corrected chi connectivity index (χ0v) is 12.0. The average Bonchev–Trinajstić information content (AvgIpc) is 2.34. The SMILES string of the molecule is Cc1ccc(Oc2ccc(C=O)cc2Br)c(Cl)c1. The summed E-state index contributed by atoms with van der Waals surface area (Å²) in [5.41, 5.74) is 1.66. The quantitative estimate of drug-likeness (QED) is 0.741. The van der Waals surface area contributed by atoms with Crippen molar-refractivity contribution in [2.45, 2.75) is 6.92 Å². The third-order valence-corrected chi connectivity index (χ3v) is 3.31. The highest BCUT2D eigenvalue weighted by Gasteiger charge is 2.07. The van der Waals surface area contributed by atoms with Gasteiger partial charge in [-0.1, -0.05) is 17.7 Å². The Morgan fingerprint density at radius 2 is 1.89 bits per heavy atom. The Balaban J connectivity index is 2.31. The average molecular weight is 326 g/mol. The number of aryl methyl sites for hydroxylation is 1. The van der Waals surface area contributed by atoms with Crippen molar-refractivity contribution >= 4 is 33.8 Å². The van der Waals surface area contributed by atoms with Crippen molar-refractivity contribution in [2.24, 2.45) is 0 Å². The maximum atomic E-state index is 10.6. The Morgan fingerprint density at radius 3 is 2.50 bits per heavy atom. The Labute approximate surface area is 119 Å². The summed E-state index contributed by atoms with van der Waals surface area (Å²) < 4.78 is 6.41. The van der Waals surface area contributed by atoms with E-state index in [1.165, 1.54) is 0 Å². The Hall–Kier alpha value is -1.32. The zero-order chi connectivity index (χ0) is 13.1. The van der Waals surface area contributed by atoms with E-state index >= 15 is 0 Å². The maximum Gasteiger partial charge on any atom is 0.150 e. The molecule has 0 amide bonds. The van der Waals surface area contributed by atoms with Crippen molar-refractivity contribution in [3.63, 3.8) is 0 Å². The highest BCUT2D eigenvalue weighted by molar-refractivity contribution is 9.10. The van der Waals surface area contributed by atoms with Gasteiger partial charge in [-0.2, -0.15) is 0 Å². The molecule has 0 N–H and O–H groups in total. The van der Waals surface area contributed by atoms with E-state index in [1.54, 1.807) is 18.2 Å². The van der Waals surface area contributed by atoms with Crippen molar-refractivity contribution in [1.29, 1.82) is 0 Å². The molecular formula is C14H10BrClO2. The highest BCUT2D eigenvalue weighted by Crippen LogP contribution is 2.34. The van der Waals surface area contributed by atoms with Crippen molar-refractivity contribution in [3.05, 3.63) is 57.0 Å². The first-order chi connectivity index (χ1) is 8.60. The molecule has 2 aromatic carbocycles. The molecule has 92 valence electrons. The molecule has 0 saturated heterocycles. The van der Waals surface area contributed by atoms with E-state index in [-0.39, 0.29) is 0 Å². The number of ether oxygens (including phenoxy) is 1. The predicted molar refractivity (Wildman–Crippen MR) is 75.8 cm³/mol. The topological polar surface area (TPSA) is 26.3 Å². The van der Waals surface area contributed by atoms with Crippen LogP contribution in [-0.4, -0.2) is 6.29 Å². The molecule has 0 fully saturated rings. The van der Waals surface area contributed by atoms with Crippen molar-refractivity contribution in [1.82, 2.24) is 0 Å². The van der Waals surface area contributed by atoms with Gasteiger partial charge in [0.05, 0.1) is 9.50 Å². The van der Waals surface area contributed by atoms with Crippen LogP contribution in [0.2, 0.25) is 5.02 Å². The lowest BCUT2D eigenvalue weighted by Gasteiger charge is -2.10. The third kappa shape index (κ3) is 2.92. The second kappa shape index (κ2) is 5.55. The molecule has 0 bridgehead atoms. The lowest BCUT2D eigenvalue weighted by atomic mass is 10.2. The number of rotatable bonds is 3. The summed E-state index contributed by atoms with van der Waals surface area (Å²) in [4.78, 5) is 10.6. The summed E-state index contributed by atoms with van der Waals surface area (Å²) in [6, 6.07) is 10.7. The first-order valence-electron chi connectivity index (χ1n) is 5.29. The van der Waals surface area contributed by atoms with Gasteiger partial charge < -0.3 is 4.74 Å². The Kier molecular flexibility index (Phi) is 4.04. The van der Waals surface area contributed by atoms with Crippen LogP contribution in [0.5, 0.6) is 11.5 Å². The fourth-order valence-electron chi connectivity index (χ4n) is 1.48. The second-order valence-electron chi connectivity index (χ2n) is 3.84. The van der Waals surface area contributed by atoms with Crippen LogP contribution in [0, 0.1) is 6.92 Å². The molecule has 0 atom stereocenters. The van der Waals surface area contributed by atoms with Crippen LogP contribution in [0.4, 0.5) is 0 Å². The molecule has 4 heteroatoms. The molecule has 0 aliphatic carbocycles. The maximum absolute atomic E-state index is 10.6. The third-order valence-electron chi connectivity index (χ3n) is 2.40. The largest absolute Gasteiger partial charge is 0.455 e. The van der Waals surface area contributed by atoms with Crippen LogP contribution in [0.3, 0.4) is 0 Å². The van der Waals surface area contributed by atoms with Gasteiger partial charge in [-0.15, -0.1) is 0 Å². The van der Waals surface area contributed by atoms with Gasteiger partial charge in [0, 0.05) is 5.56 Å². The molecule has 0 aliphatic rings. The minimum atomic E-state index is 0.557. The Morgan fingerprint density at radius 1 is 1.17 bits per heavy atom. The van der Waals surface area contributed by atoms with Crippen LogP contribution in [0.1, 0.15) is 15.9 Å². The van der Waals surface area contributed by atoms with Crippen LogP contribution in [-0.2, 0) is 0 Å². The molecule has 2 aromatic rings. The molecule has 0 heterocycles. The standard InChI is InChI=1S/C14H10BrClO2/c1-9-2-4-14(12(16)6-9)18-13-5-3-10(8-17)7-11(13)15/h2-8H,1H3. The van der Waals surface area contributed by atoms with Gasteiger partial charge >= 0.3 is 0 Å². The molecule has 0 unspecified atom stereocenters. The monoisotopic (exact) mass is 324 g/mol. The fraction of sp³-hybridized carbons (Fsp3) is 0.0714. The smallest absolute Gasteiger partial charge is 0.150 e. The van der Waals surface area contributed by atoms with E-state index in [1.807, 2.05) is 25.1 Å². The van der Waals surface area contributed by atoms with E-state index in [9.17, 15) is 4.79 Å². The van der Waals surface area contributed by atoms with Gasteiger partial charge in [-0.3, -0.25) is 4.79 Å². The van der Waals surface area contributed by atoms with E-state index < -0.39 is 0 Å². The predicted octanol–water partition coefficient (Wildman–Crippen LogP) is 5.02. The summed E-state index contributed by atoms with van der Waals surface area (Å²) >= 11 is 9.45. The Bertz CT molecular complexity index is 596. The molecule has 2 rings (SSSR count). The number of aldehydes is 1. The molecule has 18 heavy (non-hydrogen) atoms. The first-order valence-corrected chi connectivity index (χ1v) is 6.46. The van der Waals surface area contributed by atoms with Crippen LogP contribution in [0.25, 0.3) is 0 Å². The van der Waals surface area contributed by atoms with Crippen LogP contribution >= 0.6 is 27.5 Å². The van der Waals surface area contributed by atoms with Gasteiger partial charge in [-0.25, -0.2) is 0 Å². The summed E-state index contributed by atoms with van der Waals surface area (Å²) in [7, 11) is 0. The number of hydrogen-bond donors (Lipinski definition) is 0. The number of hydrogen-bond acceptors (Lipinski definition) is 2. The number of carbonyl (C=O) groups excluding carboxylic acids is 1. The van der Waals surface area contributed by atoms with Gasteiger partial charge in [-0.05, 0) is 58.7 Å². The number of benzene rings is 2. The molecular weight excluding hydrogens is 316 g/mol. The van der Waals surface area contributed by atoms with Gasteiger partial charge in [0.25, 0.3) is 0 Å². The van der Waals surface area contributed by atoms with Gasteiger partial charge in [0.1, 0.15) is 17.8 Å². The fourth-order valence-corrected chi connectivity index (χ4v) is 2.23. The van der Waals surface area contributed by atoms with E-state index in [0.717, 1.165) is 11.8 Å². The zero-order valence-electron chi connectivity index (χ0n) is 9.61. The molecule has 2 nitrogen and oxygen atoms in total. The van der Waals surface area contributed by atoms with E-state index in [4.69, 9.17) is 16.3 Å². The van der Waals surface area contributed by atoms with Crippen LogP contribution < -0.4 is 4.74 Å². The minimum absolute atomic E-state index is 0.557. The molecule has 0 aliphatic heterocycles. The first kappa shape index (κ1) is 13.1. The highest BCUT2D eigenvalue weighted by atomic mass is 79.9. The van der Waals surface area contributed by atoms with Gasteiger partial charge in [0.2, 0.25) is 0 Å². The molecule has 0 saturated carbocycles. The van der Waals surface area contributed by atoms with Crippen molar-refractivity contribution < 1.29 is 9.53 Å². The summed E-state index contributed by atoms with van der Waals surface area (Å²) in [5, 5.41) is 0.557. The summed E-state index contributed by atoms with van der Waals surface area (Å²) in [5.74, 6) is 1.20. The number of carbonyl (C=O) groups is 1. The molecule has 0 radical (unpaired) electrons. The minimum Gasteiger partial charge on any atom is -0.455 e. The van der Waals surface area contributed by atoms with E-state index in [0.29, 0.717) is 26.6 Å². The van der Waals surface area contributed by atoms with Gasteiger partial charge in [0.15, 0.2) is 0 Å². The van der Waals surface area contributed by atoms with Crippen molar-refractivity contribution in [3.8, 4) is 11.5 Å². The normalized spacial score (nSPS) is 10.2. The van der Waals surface area contributed by atoms with Crippen molar-refractivity contribution in [2.75, 3.05) is 0 Å². The second-order valence-corrected chi connectivity index (χ2v) is 5.11. The lowest BCUT2D eigenvalue weighted by molar-refractivity contribution is 0.112. The van der Waals surface area contributed by atoms with E-state index in [2.05, 4.69) is 15.9 Å². The number of halogens is 2. The molecule has 0 aromatic heterocycles. The molecule has 0 spiro atoms.